The fourth-order valence-corrected chi connectivity index (χ4v) is 4.18. The summed E-state index contributed by atoms with van der Waals surface area (Å²) in [6.07, 6.45) is 9.25. The standard InChI is InChI=1S/C20H26N2O3/c21-20(23)17-5-1-3-15-6-7-18(25-19(15)17)14-8-10-22(11-9-14)13-16-4-2-12-24-16/h1,3,5-7,14,16,18H,2,4,8-13H2,(H2,21,23). The molecule has 0 spiro atoms. The number of fused-ring (bicyclic) bond motifs is 1. The Hall–Kier alpha value is -1.85. The Morgan fingerprint density at radius 1 is 1.24 bits per heavy atom. The molecule has 5 nitrogen and oxygen atoms in total. The van der Waals surface area contributed by atoms with E-state index in [4.69, 9.17) is 15.2 Å². The van der Waals surface area contributed by atoms with Crippen LogP contribution in [0.25, 0.3) is 6.08 Å². The first-order chi connectivity index (χ1) is 12.2. The lowest BCUT2D eigenvalue weighted by Crippen LogP contribution is -2.42. The maximum atomic E-state index is 11.7. The van der Waals surface area contributed by atoms with E-state index in [0.717, 1.165) is 44.6 Å². The molecule has 0 bridgehead atoms. The lowest BCUT2D eigenvalue weighted by atomic mass is 9.89. The van der Waals surface area contributed by atoms with Crippen LogP contribution < -0.4 is 10.5 Å². The van der Waals surface area contributed by atoms with Gasteiger partial charge >= 0.3 is 0 Å². The van der Waals surface area contributed by atoms with Crippen LogP contribution in [-0.4, -0.2) is 49.3 Å². The lowest BCUT2D eigenvalue weighted by molar-refractivity contribution is 0.0469. The number of likely N-dealkylation sites (tertiary alicyclic amines) is 1. The molecular formula is C20H26N2O3. The number of hydrogen-bond donors (Lipinski definition) is 1. The molecule has 1 aromatic rings. The molecule has 0 aliphatic carbocycles. The number of rotatable bonds is 4. The maximum absolute atomic E-state index is 11.7. The SMILES string of the molecule is NC(=O)c1cccc2c1OC(C1CCN(CC3CCCO3)CC1)C=C2. The van der Waals surface area contributed by atoms with Gasteiger partial charge in [0, 0.05) is 24.6 Å². The fraction of sp³-hybridized carbons (Fsp3) is 0.550. The number of para-hydroxylation sites is 1. The van der Waals surface area contributed by atoms with Crippen LogP contribution in [0.1, 0.15) is 41.6 Å². The van der Waals surface area contributed by atoms with Crippen LogP contribution in [0.2, 0.25) is 0 Å². The van der Waals surface area contributed by atoms with Crippen molar-refractivity contribution in [2.24, 2.45) is 11.7 Å². The third kappa shape index (κ3) is 3.58. The molecule has 134 valence electrons. The highest BCUT2D eigenvalue weighted by molar-refractivity contribution is 5.97. The first kappa shape index (κ1) is 16.6. The maximum Gasteiger partial charge on any atom is 0.252 e. The molecule has 3 aliphatic rings. The molecule has 3 heterocycles. The van der Waals surface area contributed by atoms with E-state index in [1.165, 1.54) is 12.8 Å². The van der Waals surface area contributed by atoms with Gasteiger partial charge in [-0.2, -0.15) is 0 Å². The molecule has 2 fully saturated rings. The van der Waals surface area contributed by atoms with Crippen LogP contribution >= 0.6 is 0 Å². The van der Waals surface area contributed by atoms with Crippen LogP contribution in [0.15, 0.2) is 24.3 Å². The molecule has 0 aromatic heterocycles. The summed E-state index contributed by atoms with van der Waals surface area (Å²) in [4.78, 5) is 14.2. The van der Waals surface area contributed by atoms with E-state index in [0.29, 0.717) is 23.3 Å². The highest BCUT2D eigenvalue weighted by Crippen LogP contribution is 2.34. The summed E-state index contributed by atoms with van der Waals surface area (Å²) in [5.41, 5.74) is 6.90. The first-order valence-corrected chi connectivity index (χ1v) is 9.32. The van der Waals surface area contributed by atoms with Crippen LogP contribution in [0.3, 0.4) is 0 Å². The number of carbonyl (C=O) groups excluding carboxylic acids is 1. The van der Waals surface area contributed by atoms with Crippen molar-refractivity contribution in [2.75, 3.05) is 26.2 Å². The molecule has 2 unspecified atom stereocenters. The van der Waals surface area contributed by atoms with Crippen molar-refractivity contribution >= 4 is 12.0 Å². The number of nitrogens with zero attached hydrogens (tertiary/aromatic N) is 1. The predicted octanol–water partition coefficient (Wildman–Crippen LogP) is 2.45. The summed E-state index contributed by atoms with van der Waals surface area (Å²) < 4.78 is 12.0. The van der Waals surface area contributed by atoms with E-state index in [-0.39, 0.29) is 6.10 Å². The van der Waals surface area contributed by atoms with Crippen molar-refractivity contribution in [1.82, 2.24) is 4.90 Å². The van der Waals surface area contributed by atoms with E-state index in [9.17, 15) is 4.79 Å². The number of ether oxygens (including phenoxy) is 2. The molecule has 25 heavy (non-hydrogen) atoms. The van der Waals surface area contributed by atoms with Crippen molar-refractivity contribution in [3.63, 3.8) is 0 Å². The molecule has 2 saturated heterocycles. The normalized spacial score (nSPS) is 27.0. The average molecular weight is 342 g/mol. The number of nitrogens with two attached hydrogens (primary N) is 1. The van der Waals surface area contributed by atoms with Crippen molar-refractivity contribution in [3.05, 3.63) is 35.4 Å². The van der Waals surface area contributed by atoms with Gasteiger partial charge in [0.25, 0.3) is 5.91 Å². The van der Waals surface area contributed by atoms with Gasteiger partial charge in [-0.15, -0.1) is 0 Å². The number of hydrogen-bond acceptors (Lipinski definition) is 4. The number of benzene rings is 1. The molecule has 2 N–H and O–H groups in total. The Kier molecular flexibility index (Phi) is 4.77. The Bertz CT molecular complexity index is 659. The van der Waals surface area contributed by atoms with Gasteiger partial charge in [0.15, 0.2) is 0 Å². The zero-order valence-electron chi connectivity index (χ0n) is 14.5. The molecule has 2 atom stereocenters. The van der Waals surface area contributed by atoms with Gasteiger partial charge in [-0.25, -0.2) is 0 Å². The van der Waals surface area contributed by atoms with Gasteiger partial charge in [-0.1, -0.05) is 18.2 Å². The van der Waals surface area contributed by atoms with Crippen molar-refractivity contribution in [3.8, 4) is 5.75 Å². The molecular weight excluding hydrogens is 316 g/mol. The minimum absolute atomic E-state index is 0.0258. The van der Waals surface area contributed by atoms with E-state index < -0.39 is 5.91 Å². The first-order valence-electron chi connectivity index (χ1n) is 9.32. The fourth-order valence-electron chi connectivity index (χ4n) is 4.18. The summed E-state index contributed by atoms with van der Waals surface area (Å²) in [5.74, 6) is 0.688. The monoisotopic (exact) mass is 342 g/mol. The van der Waals surface area contributed by atoms with Crippen molar-refractivity contribution < 1.29 is 14.3 Å². The Morgan fingerprint density at radius 3 is 2.80 bits per heavy atom. The number of carbonyl (C=O) groups is 1. The van der Waals surface area contributed by atoms with Gasteiger partial charge in [0.1, 0.15) is 11.9 Å². The summed E-state index contributed by atoms with van der Waals surface area (Å²) in [6.45, 7) is 4.15. The van der Waals surface area contributed by atoms with Gasteiger partial charge < -0.3 is 20.1 Å². The van der Waals surface area contributed by atoms with Gasteiger partial charge in [0.05, 0.1) is 11.7 Å². The Balaban J connectivity index is 1.37. The highest BCUT2D eigenvalue weighted by atomic mass is 16.5. The quantitative estimate of drug-likeness (QED) is 0.913. The summed E-state index contributed by atoms with van der Waals surface area (Å²) in [6, 6.07) is 5.54. The Labute approximate surface area is 148 Å². The van der Waals surface area contributed by atoms with Crippen molar-refractivity contribution in [2.45, 2.75) is 37.9 Å². The van der Waals surface area contributed by atoms with E-state index >= 15 is 0 Å². The molecule has 1 aromatic carbocycles. The minimum atomic E-state index is -0.433. The summed E-state index contributed by atoms with van der Waals surface area (Å²) >= 11 is 0. The number of amides is 1. The zero-order valence-corrected chi connectivity index (χ0v) is 14.5. The number of primary amides is 1. The van der Waals surface area contributed by atoms with Crippen molar-refractivity contribution in [1.29, 1.82) is 0 Å². The second kappa shape index (κ2) is 7.18. The Morgan fingerprint density at radius 2 is 2.08 bits per heavy atom. The van der Waals surface area contributed by atoms with Gasteiger partial charge in [-0.05, 0) is 50.9 Å². The number of piperidine rings is 1. The smallest absolute Gasteiger partial charge is 0.252 e. The third-order valence-electron chi connectivity index (χ3n) is 5.61. The minimum Gasteiger partial charge on any atom is -0.485 e. The third-order valence-corrected chi connectivity index (χ3v) is 5.61. The van der Waals surface area contributed by atoms with Crippen LogP contribution in [-0.2, 0) is 4.74 Å². The lowest BCUT2D eigenvalue weighted by Gasteiger charge is -2.37. The molecule has 0 radical (unpaired) electrons. The second-order valence-electron chi connectivity index (χ2n) is 7.30. The van der Waals surface area contributed by atoms with E-state index in [1.807, 2.05) is 12.1 Å². The molecule has 4 rings (SSSR count). The molecule has 1 amide bonds. The van der Waals surface area contributed by atoms with Gasteiger partial charge in [0.2, 0.25) is 0 Å². The van der Waals surface area contributed by atoms with Crippen LogP contribution in [0, 0.1) is 5.92 Å². The molecule has 0 saturated carbocycles. The van der Waals surface area contributed by atoms with E-state index in [1.54, 1.807) is 6.07 Å². The van der Waals surface area contributed by atoms with Crippen LogP contribution in [0.5, 0.6) is 5.75 Å². The molecule has 5 heteroatoms. The largest absolute Gasteiger partial charge is 0.485 e. The molecule has 3 aliphatic heterocycles. The average Bonchev–Trinajstić information content (AvgIpc) is 3.14. The highest BCUT2D eigenvalue weighted by Gasteiger charge is 2.31. The van der Waals surface area contributed by atoms with Gasteiger partial charge in [-0.3, -0.25) is 4.79 Å². The van der Waals surface area contributed by atoms with Crippen LogP contribution in [0.4, 0.5) is 0 Å². The summed E-state index contributed by atoms with van der Waals surface area (Å²) in [7, 11) is 0. The summed E-state index contributed by atoms with van der Waals surface area (Å²) in [5, 5.41) is 0. The topological polar surface area (TPSA) is 64.8 Å². The predicted molar refractivity (Wildman–Crippen MR) is 96.5 cm³/mol. The second-order valence-corrected chi connectivity index (χ2v) is 7.30. The van der Waals surface area contributed by atoms with E-state index in [2.05, 4.69) is 17.1 Å². The zero-order chi connectivity index (χ0) is 17.2.